The van der Waals surface area contributed by atoms with Crippen LogP contribution in [0.25, 0.3) is 0 Å². The molecule has 1 aromatic rings. The Morgan fingerprint density at radius 3 is 2.68 bits per heavy atom. The van der Waals surface area contributed by atoms with Crippen LogP contribution in [0.2, 0.25) is 0 Å². The summed E-state index contributed by atoms with van der Waals surface area (Å²) in [5, 5.41) is 2.91. The highest BCUT2D eigenvalue weighted by Gasteiger charge is 2.34. The fourth-order valence-electron chi connectivity index (χ4n) is 2.15. The Kier molecular flexibility index (Phi) is 4.07. The van der Waals surface area contributed by atoms with Crippen LogP contribution in [0, 0.1) is 0 Å². The molecule has 2 amide bonds. The molecule has 1 aliphatic rings. The van der Waals surface area contributed by atoms with Crippen LogP contribution in [-0.4, -0.2) is 36.2 Å². The van der Waals surface area contributed by atoms with E-state index in [1.807, 2.05) is 43.0 Å². The summed E-state index contributed by atoms with van der Waals surface area (Å²) in [5.74, 6) is 0. The first-order valence-electron chi connectivity index (χ1n) is 6.48. The van der Waals surface area contributed by atoms with Gasteiger partial charge in [0.05, 0.1) is 18.8 Å². The highest BCUT2D eigenvalue weighted by atomic mass is 16.5. The highest BCUT2D eigenvalue weighted by molar-refractivity contribution is 5.89. The van der Waals surface area contributed by atoms with Crippen LogP contribution in [0.4, 0.5) is 10.5 Å². The molecule has 0 bridgehead atoms. The van der Waals surface area contributed by atoms with E-state index in [1.165, 1.54) is 0 Å². The SMILES string of the molecule is CC1(C)COCCN1C(=O)Nc1ccc(CN)cc1. The van der Waals surface area contributed by atoms with Gasteiger partial charge in [-0.2, -0.15) is 0 Å². The molecule has 1 heterocycles. The van der Waals surface area contributed by atoms with Gasteiger partial charge in [-0.3, -0.25) is 0 Å². The number of nitrogens with zero attached hydrogens (tertiary/aromatic N) is 1. The Bertz CT molecular complexity index is 443. The van der Waals surface area contributed by atoms with E-state index in [-0.39, 0.29) is 11.6 Å². The number of hydrogen-bond donors (Lipinski definition) is 2. The lowest BCUT2D eigenvalue weighted by atomic mass is 10.0. The van der Waals surface area contributed by atoms with Gasteiger partial charge in [-0.15, -0.1) is 0 Å². The van der Waals surface area contributed by atoms with Crippen molar-refractivity contribution in [2.24, 2.45) is 5.73 Å². The van der Waals surface area contributed by atoms with Crippen LogP contribution in [0.3, 0.4) is 0 Å². The molecule has 1 aliphatic heterocycles. The Balaban J connectivity index is 2.03. The van der Waals surface area contributed by atoms with Crippen molar-refractivity contribution in [1.29, 1.82) is 0 Å². The molecule has 0 saturated carbocycles. The Morgan fingerprint density at radius 2 is 2.11 bits per heavy atom. The Hall–Kier alpha value is -1.59. The van der Waals surface area contributed by atoms with Gasteiger partial charge in [-0.1, -0.05) is 12.1 Å². The molecule has 5 heteroatoms. The van der Waals surface area contributed by atoms with E-state index in [2.05, 4.69) is 5.32 Å². The lowest BCUT2D eigenvalue weighted by Crippen LogP contribution is -2.56. The number of carbonyl (C=O) groups excluding carboxylic acids is 1. The lowest BCUT2D eigenvalue weighted by Gasteiger charge is -2.41. The second-order valence-corrected chi connectivity index (χ2v) is 5.35. The summed E-state index contributed by atoms with van der Waals surface area (Å²) < 4.78 is 5.41. The minimum absolute atomic E-state index is 0.0891. The van der Waals surface area contributed by atoms with E-state index in [1.54, 1.807) is 0 Å². The number of rotatable bonds is 2. The number of hydrogen-bond acceptors (Lipinski definition) is 3. The molecular weight excluding hydrogens is 242 g/mol. The van der Waals surface area contributed by atoms with Crippen molar-refractivity contribution in [1.82, 2.24) is 4.90 Å². The van der Waals surface area contributed by atoms with E-state index in [4.69, 9.17) is 10.5 Å². The summed E-state index contributed by atoms with van der Waals surface area (Å²) >= 11 is 0. The summed E-state index contributed by atoms with van der Waals surface area (Å²) in [6.45, 7) is 6.27. The summed E-state index contributed by atoms with van der Waals surface area (Å²) in [6.07, 6.45) is 0. The molecule has 2 rings (SSSR count). The molecule has 104 valence electrons. The van der Waals surface area contributed by atoms with E-state index in [9.17, 15) is 4.79 Å². The Morgan fingerprint density at radius 1 is 1.42 bits per heavy atom. The average molecular weight is 263 g/mol. The van der Waals surface area contributed by atoms with E-state index >= 15 is 0 Å². The molecule has 0 aromatic heterocycles. The third-order valence-corrected chi connectivity index (χ3v) is 3.33. The van der Waals surface area contributed by atoms with E-state index in [0.717, 1.165) is 11.3 Å². The molecule has 0 atom stereocenters. The number of nitrogens with two attached hydrogens (primary N) is 1. The maximum absolute atomic E-state index is 12.3. The fourth-order valence-corrected chi connectivity index (χ4v) is 2.15. The van der Waals surface area contributed by atoms with Gasteiger partial charge >= 0.3 is 6.03 Å². The molecule has 1 saturated heterocycles. The first-order chi connectivity index (χ1) is 9.03. The summed E-state index contributed by atoms with van der Waals surface area (Å²) in [5.41, 5.74) is 7.09. The third-order valence-electron chi connectivity index (χ3n) is 3.33. The first-order valence-corrected chi connectivity index (χ1v) is 6.48. The van der Waals surface area contributed by atoms with Gasteiger partial charge in [0, 0.05) is 18.8 Å². The maximum Gasteiger partial charge on any atom is 0.322 e. The predicted octanol–water partition coefficient (Wildman–Crippen LogP) is 1.79. The number of nitrogens with one attached hydrogen (secondary N) is 1. The molecule has 3 N–H and O–H groups in total. The predicted molar refractivity (Wildman–Crippen MR) is 75.0 cm³/mol. The molecule has 5 nitrogen and oxygen atoms in total. The molecular formula is C14H21N3O2. The minimum atomic E-state index is -0.278. The quantitative estimate of drug-likeness (QED) is 0.854. The number of anilines is 1. The van der Waals surface area contributed by atoms with Crippen LogP contribution < -0.4 is 11.1 Å². The van der Waals surface area contributed by atoms with Gasteiger partial charge < -0.3 is 20.7 Å². The number of morpholine rings is 1. The zero-order valence-electron chi connectivity index (χ0n) is 11.5. The van der Waals surface area contributed by atoms with Gasteiger partial charge in [0.25, 0.3) is 0 Å². The standard InChI is InChI=1S/C14H21N3O2/c1-14(2)10-19-8-7-17(14)13(18)16-12-5-3-11(9-15)4-6-12/h3-6H,7-10,15H2,1-2H3,(H,16,18). The zero-order valence-corrected chi connectivity index (χ0v) is 11.5. The molecule has 1 fully saturated rings. The molecule has 0 radical (unpaired) electrons. The zero-order chi connectivity index (χ0) is 13.9. The average Bonchev–Trinajstić information content (AvgIpc) is 2.39. The number of carbonyl (C=O) groups is 1. The van der Waals surface area contributed by atoms with Crippen molar-refractivity contribution in [3.05, 3.63) is 29.8 Å². The van der Waals surface area contributed by atoms with Crippen molar-refractivity contribution < 1.29 is 9.53 Å². The highest BCUT2D eigenvalue weighted by Crippen LogP contribution is 2.20. The minimum Gasteiger partial charge on any atom is -0.377 e. The monoisotopic (exact) mass is 263 g/mol. The molecule has 19 heavy (non-hydrogen) atoms. The van der Waals surface area contributed by atoms with E-state index < -0.39 is 0 Å². The van der Waals surface area contributed by atoms with Gasteiger partial charge in [-0.05, 0) is 31.5 Å². The topological polar surface area (TPSA) is 67.6 Å². The maximum atomic E-state index is 12.3. The lowest BCUT2D eigenvalue weighted by molar-refractivity contribution is -0.0249. The van der Waals surface area contributed by atoms with Crippen molar-refractivity contribution in [2.45, 2.75) is 25.9 Å². The van der Waals surface area contributed by atoms with Crippen LogP contribution in [0.1, 0.15) is 19.4 Å². The number of urea groups is 1. The molecule has 0 unspecified atom stereocenters. The molecule has 1 aromatic carbocycles. The van der Waals surface area contributed by atoms with Crippen LogP contribution >= 0.6 is 0 Å². The Labute approximate surface area is 113 Å². The summed E-state index contributed by atoms with van der Waals surface area (Å²) in [7, 11) is 0. The van der Waals surface area contributed by atoms with E-state index in [0.29, 0.717) is 26.3 Å². The molecule has 0 aliphatic carbocycles. The number of benzene rings is 1. The molecule has 0 spiro atoms. The number of amides is 2. The smallest absolute Gasteiger partial charge is 0.322 e. The van der Waals surface area contributed by atoms with Gasteiger partial charge in [0.15, 0.2) is 0 Å². The number of ether oxygens (including phenoxy) is 1. The van der Waals surface area contributed by atoms with Crippen LogP contribution in [0.5, 0.6) is 0 Å². The van der Waals surface area contributed by atoms with Crippen molar-refractivity contribution >= 4 is 11.7 Å². The van der Waals surface area contributed by atoms with Gasteiger partial charge in [0.2, 0.25) is 0 Å². The fraction of sp³-hybridized carbons (Fsp3) is 0.500. The third kappa shape index (κ3) is 3.24. The van der Waals surface area contributed by atoms with Gasteiger partial charge in [0.1, 0.15) is 0 Å². The second kappa shape index (κ2) is 5.59. The summed E-state index contributed by atoms with van der Waals surface area (Å²) in [4.78, 5) is 14.1. The van der Waals surface area contributed by atoms with Gasteiger partial charge in [-0.25, -0.2) is 4.79 Å². The normalized spacial score (nSPS) is 18.2. The summed E-state index contributed by atoms with van der Waals surface area (Å²) in [6, 6.07) is 7.48. The van der Waals surface area contributed by atoms with Crippen molar-refractivity contribution in [3.8, 4) is 0 Å². The van der Waals surface area contributed by atoms with Crippen LogP contribution in [0.15, 0.2) is 24.3 Å². The van der Waals surface area contributed by atoms with Crippen molar-refractivity contribution in [2.75, 3.05) is 25.1 Å². The largest absolute Gasteiger partial charge is 0.377 e. The second-order valence-electron chi connectivity index (χ2n) is 5.35. The van der Waals surface area contributed by atoms with Crippen LogP contribution in [-0.2, 0) is 11.3 Å². The first kappa shape index (κ1) is 13.8. The van der Waals surface area contributed by atoms with Crippen molar-refractivity contribution in [3.63, 3.8) is 0 Å².